The predicted octanol–water partition coefficient (Wildman–Crippen LogP) is 2.19. The summed E-state index contributed by atoms with van der Waals surface area (Å²) in [6.45, 7) is 5.85. The van der Waals surface area contributed by atoms with Gasteiger partial charge in [0.05, 0.1) is 18.6 Å². The van der Waals surface area contributed by atoms with E-state index in [1.165, 1.54) is 11.3 Å². The van der Waals surface area contributed by atoms with Gasteiger partial charge >= 0.3 is 0 Å². The van der Waals surface area contributed by atoms with Crippen molar-refractivity contribution in [3.05, 3.63) is 16.6 Å². The largest absolute Gasteiger partial charge is 0.382 e. The second kappa shape index (κ2) is 6.42. The molecule has 0 N–H and O–H groups in total. The van der Waals surface area contributed by atoms with E-state index in [0.717, 1.165) is 39.1 Å². The number of thiazole rings is 1. The van der Waals surface area contributed by atoms with Crippen molar-refractivity contribution in [3.8, 4) is 0 Å². The molecule has 1 amide bonds. The number of ether oxygens (including phenoxy) is 2. The minimum absolute atomic E-state index is 0.0296. The minimum Gasteiger partial charge on any atom is -0.382 e. The van der Waals surface area contributed by atoms with Gasteiger partial charge in [0.15, 0.2) is 0 Å². The molecular formula is C15H22N2O3S. The SMILES string of the molecule is CCOCCC1CCOC2(C1)CN(C(=O)c1cscn1)C2. The number of likely N-dealkylation sites (tertiary alicyclic amines) is 1. The number of hydrogen-bond acceptors (Lipinski definition) is 5. The van der Waals surface area contributed by atoms with E-state index in [2.05, 4.69) is 4.98 Å². The molecule has 2 saturated heterocycles. The Morgan fingerprint density at radius 1 is 1.62 bits per heavy atom. The molecule has 21 heavy (non-hydrogen) atoms. The maximum absolute atomic E-state index is 12.2. The van der Waals surface area contributed by atoms with Gasteiger partial charge in [0.25, 0.3) is 5.91 Å². The Balaban J connectivity index is 1.50. The first-order valence-corrected chi connectivity index (χ1v) is 8.56. The third-order valence-corrected chi connectivity index (χ3v) is 4.95. The molecule has 2 fully saturated rings. The summed E-state index contributed by atoms with van der Waals surface area (Å²) in [4.78, 5) is 18.1. The second-order valence-electron chi connectivity index (χ2n) is 5.91. The molecule has 6 heteroatoms. The third-order valence-electron chi connectivity index (χ3n) is 4.37. The molecule has 0 bridgehead atoms. The van der Waals surface area contributed by atoms with Gasteiger partial charge in [0.1, 0.15) is 11.3 Å². The first kappa shape index (κ1) is 14.9. The van der Waals surface area contributed by atoms with E-state index in [-0.39, 0.29) is 11.5 Å². The van der Waals surface area contributed by atoms with Crippen molar-refractivity contribution in [1.29, 1.82) is 0 Å². The van der Waals surface area contributed by atoms with Crippen LogP contribution in [0.1, 0.15) is 36.7 Å². The monoisotopic (exact) mass is 310 g/mol. The fourth-order valence-corrected chi connectivity index (χ4v) is 3.79. The summed E-state index contributed by atoms with van der Waals surface area (Å²) in [5, 5.41) is 1.81. The van der Waals surface area contributed by atoms with Gasteiger partial charge in [0, 0.05) is 25.2 Å². The van der Waals surface area contributed by atoms with Crippen LogP contribution in [0, 0.1) is 5.92 Å². The van der Waals surface area contributed by atoms with Crippen LogP contribution >= 0.6 is 11.3 Å². The first-order valence-electron chi connectivity index (χ1n) is 7.61. The van der Waals surface area contributed by atoms with E-state index in [1.54, 1.807) is 10.9 Å². The number of amides is 1. The maximum atomic E-state index is 12.2. The predicted molar refractivity (Wildman–Crippen MR) is 80.5 cm³/mol. The van der Waals surface area contributed by atoms with E-state index in [0.29, 0.717) is 24.7 Å². The highest BCUT2D eigenvalue weighted by Crippen LogP contribution is 2.38. The normalized spacial score (nSPS) is 24.0. The Labute approximate surface area is 129 Å². The Bertz CT molecular complexity index is 471. The van der Waals surface area contributed by atoms with Crippen LogP contribution in [0.4, 0.5) is 0 Å². The maximum Gasteiger partial charge on any atom is 0.273 e. The number of aromatic nitrogens is 1. The molecule has 0 aromatic carbocycles. The first-order chi connectivity index (χ1) is 10.2. The van der Waals surface area contributed by atoms with E-state index in [9.17, 15) is 4.79 Å². The Hall–Kier alpha value is -0.980. The lowest BCUT2D eigenvalue weighted by molar-refractivity contribution is -0.167. The fraction of sp³-hybridized carbons (Fsp3) is 0.733. The molecule has 0 saturated carbocycles. The third kappa shape index (κ3) is 3.27. The van der Waals surface area contributed by atoms with Gasteiger partial charge in [-0.1, -0.05) is 0 Å². The number of carbonyl (C=O) groups is 1. The van der Waals surface area contributed by atoms with Crippen molar-refractivity contribution in [2.24, 2.45) is 5.92 Å². The minimum atomic E-state index is -0.110. The van der Waals surface area contributed by atoms with Crippen molar-refractivity contribution in [2.75, 3.05) is 32.9 Å². The zero-order valence-electron chi connectivity index (χ0n) is 12.4. The summed E-state index contributed by atoms with van der Waals surface area (Å²) in [7, 11) is 0. The molecule has 5 nitrogen and oxygen atoms in total. The molecule has 1 atom stereocenters. The lowest BCUT2D eigenvalue weighted by Gasteiger charge is -2.53. The molecule has 116 valence electrons. The van der Waals surface area contributed by atoms with Crippen molar-refractivity contribution < 1.29 is 14.3 Å². The van der Waals surface area contributed by atoms with Crippen LogP contribution in [-0.4, -0.2) is 54.3 Å². The topological polar surface area (TPSA) is 51.7 Å². The van der Waals surface area contributed by atoms with Crippen LogP contribution < -0.4 is 0 Å². The number of rotatable bonds is 5. The lowest BCUT2D eigenvalue weighted by Crippen LogP contribution is -2.66. The molecule has 3 rings (SSSR count). The highest BCUT2D eigenvalue weighted by molar-refractivity contribution is 7.07. The van der Waals surface area contributed by atoms with Gasteiger partial charge < -0.3 is 14.4 Å². The van der Waals surface area contributed by atoms with Gasteiger partial charge in [-0.25, -0.2) is 4.98 Å². The molecule has 1 aromatic rings. The molecule has 1 spiro atoms. The van der Waals surface area contributed by atoms with Crippen LogP contribution in [0.3, 0.4) is 0 Å². The Kier molecular flexibility index (Phi) is 4.57. The summed E-state index contributed by atoms with van der Waals surface area (Å²) in [6, 6.07) is 0. The van der Waals surface area contributed by atoms with E-state index < -0.39 is 0 Å². The summed E-state index contributed by atoms with van der Waals surface area (Å²) >= 11 is 1.45. The number of nitrogens with zero attached hydrogens (tertiary/aromatic N) is 2. The van der Waals surface area contributed by atoms with Crippen LogP contribution in [0.25, 0.3) is 0 Å². The second-order valence-corrected chi connectivity index (χ2v) is 6.63. The van der Waals surface area contributed by atoms with Crippen molar-refractivity contribution in [2.45, 2.75) is 31.8 Å². The van der Waals surface area contributed by atoms with E-state index in [4.69, 9.17) is 9.47 Å². The molecule has 2 aliphatic heterocycles. The Morgan fingerprint density at radius 2 is 2.48 bits per heavy atom. The highest BCUT2D eigenvalue weighted by Gasteiger charge is 2.49. The smallest absolute Gasteiger partial charge is 0.273 e. The zero-order chi connectivity index (χ0) is 14.7. The van der Waals surface area contributed by atoms with Crippen LogP contribution in [0.2, 0.25) is 0 Å². The zero-order valence-corrected chi connectivity index (χ0v) is 13.2. The quantitative estimate of drug-likeness (QED) is 0.782. The van der Waals surface area contributed by atoms with Gasteiger partial charge in [0.2, 0.25) is 0 Å². The van der Waals surface area contributed by atoms with E-state index in [1.807, 2.05) is 11.8 Å². The average molecular weight is 310 g/mol. The van der Waals surface area contributed by atoms with Crippen molar-refractivity contribution >= 4 is 17.2 Å². The molecule has 0 aliphatic carbocycles. The molecule has 0 radical (unpaired) electrons. The summed E-state index contributed by atoms with van der Waals surface area (Å²) in [5.41, 5.74) is 2.14. The summed E-state index contributed by atoms with van der Waals surface area (Å²) in [5.74, 6) is 0.684. The highest BCUT2D eigenvalue weighted by atomic mass is 32.1. The van der Waals surface area contributed by atoms with Gasteiger partial charge in [-0.3, -0.25) is 4.79 Å². The molecular weight excluding hydrogens is 288 g/mol. The van der Waals surface area contributed by atoms with Crippen molar-refractivity contribution in [1.82, 2.24) is 9.88 Å². The number of carbonyl (C=O) groups excluding carboxylic acids is 1. The summed E-state index contributed by atoms with van der Waals surface area (Å²) in [6.07, 6.45) is 3.24. The Morgan fingerprint density at radius 3 is 3.19 bits per heavy atom. The van der Waals surface area contributed by atoms with Gasteiger partial charge in [-0.2, -0.15) is 0 Å². The average Bonchev–Trinajstić information content (AvgIpc) is 2.99. The van der Waals surface area contributed by atoms with Crippen LogP contribution in [0.15, 0.2) is 10.9 Å². The van der Waals surface area contributed by atoms with E-state index >= 15 is 0 Å². The molecule has 1 unspecified atom stereocenters. The van der Waals surface area contributed by atoms with Gasteiger partial charge in [-0.05, 0) is 32.1 Å². The number of hydrogen-bond donors (Lipinski definition) is 0. The fourth-order valence-electron chi connectivity index (χ4n) is 3.26. The molecule has 1 aromatic heterocycles. The summed E-state index contributed by atoms with van der Waals surface area (Å²) < 4.78 is 11.4. The lowest BCUT2D eigenvalue weighted by atomic mass is 9.79. The standard InChI is InChI=1S/C15H22N2O3S/c1-2-19-5-3-12-4-6-20-15(7-12)9-17(10-15)14(18)13-8-21-11-16-13/h8,11-12H,2-7,9-10H2,1H3. The molecule has 2 aliphatic rings. The van der Waals surface area contributed by atoms with Crippen LogP contribution in [-0.2, 0) is 9.47 Å². The molecule has 3 heterocycles. The van der Waals surface area contributed by atoms with Crippen molar-refractivity contribution in [3.63, 3.8) is 0 Å². The van der Waals surface area contributed by atoms with Gasteiger partial charge in [-0.15, -0.1) is 11.3 Å². The van der Waals surface area contributed by atoms with Crippen LogP contribution in [0.5, 0.6) is 0 Å².